The van der Waals surface area contributed by atoms with Crippen LogP contribution in [0.2, 0.25) is 10.0 Å². The quantitative estimate of drug-likeness (QED) is 0.165. The second-order valence-corrected chi connectivity index (χ2v) is 13.5. The Hall–Kier alpha value is -2.26. The van der Waals surface area contributed by atoms with Crippen LogP contribution in [0.15, 0.2) is 88.4 Å². The molecule has 2 aromatic rings. The second kappa shape index (κ2) is 16.4. The highest BCUT2D eigenvalue weighted by atomic mass is 35.5. The van der Waals surface area contributed by atoms with E-state index in [-0.39, 0.29) is 9.99 Å². The van der Waals surface area contributed by atoms with Gasteiger partial charge < -0.3 is 0 Å². The van der Waals surface area contributed by atoms with Gasteiger partial charge in [-0.1, -0.05) is 104 Å². The van der Waals surface area contributed by atoms with Crippen molar-refractivity contribution >= 4 is 63.2 Å². The first-order valence-electron chi connectivity index (χ1n) is 13.7. The molecule has 0 aliphatic heterocycles. The van der Waals surface area contributed by atoms with Crippen LogP contribution in [-0.2, 0) is 16.0 Å². The number of thioether (sulfide) groups is 1. The third-order valence-corrected chi connectivity index (χ3v) is 8.72. The molecular formula is C35H39Cl3O2S. The van der Waals surface area contributed by atoms with Crippen LogP contribution in [-0.4, -0.2) is 15.9 Å². The number of hydrogen-bond acceptors (Lipinski definition) is 3. The van der Waals surface area contributed by atoms with Gasteiger partial charge in [0, 0.05) is 16.9 Å². The minimum Gasteiger partial charge on any atom is -0.287 e. The van der Waals surface area contributed by atoms with Crippen molar-refractivity contribution in [2.24, 2.45) is 5.92 Å². The molecule has 1 aliphatic rings. The molecule has 1 aliphatic carbocycles. The maximum absolute atomic E-state index is 12.1. The van der Waals surface area contributed by atoms with Gasteiger partial charge in [0.1, 0.15) is 5.94 Å². The van der Waals surface area contributed by atoms with Crippen LogP contribution in [0.3, 0.4) is 0 Å². The zero-order valence-corrected chi connectivity index (χ0v) is 28.0. The van der Waals surface area contributed by atoms with Crippen LogP contribution in [0.4, 0.5) is 0 Å². The summed E-state index contributed by atoms with van der Waals surface area (Å²) in [7, 11) is 0. The Labute approximate surface area is 265 Å². The molecule has 0 spiro atoms. The molecule has 1 atom stereocenters. The summed E-state index contributed by atoms with van der Waals surface area (Å²) in [6.07, 6.45) is 10.3. The highest BCUT2D eigenvalue weighted by Gasteiger charge is 2.21. The molecule has 0 heterocycles. The number of allylic oxidation sites excluding steroid dienone is 8. The Morgan fingerprint density at radius 1 is 1.12 bits per heavy atom. The lowest BCUT2D eigenvalue weighted by Gasteiger charge is -2.22. The first kappa shape index (κ1) is 34.9. The topological polar surface area (TPSA) is 34.1 Å². The average Bonchev–Trinajstić information content (AvgIpc) is 2.92. The standard InChI is InChI=1S/C25H27ClO2S.C10H12Cl2/c1-6-24(28)29-23(18(3)16-27)15-22(21-10-8-7-9-17(21)2)19(4)20-11-13-25(5,26)14-12-20;1-7(2)5-8-3-4-9(11)10(12)6-8/h7-13,15H,6,14H2,1-5H3;3-4,6-7H,5H2,1-2H3/b22-19+,23-15-;. The number of aryl methyl sites for hydroxylation is 1. The highest BCUT2D eigenvalue weighted by Crippen LogP contribution is 2.36. The molecule has 218 valence electrons. The van der Waals surface area contributed by atoms with E-state index in [0.717, 1.165) is 52.4 Å². The molecule has 0 aromatic heterocycles. The van der Waals surface area contributed by atoms with Crippen LogP contribution in [0, 0.1) is 12.8 Å². The molecule has 0 N–H and O–H groups in total. The van der Waals surface area contributed by atoms with Gasteiger partial charge in [0.05, 0.1) is 14.9 Å². The van der Waals surface area contributed by atoms with Crippen LogP contribution >= 0.6 is 46.6 Å². The summed E-state index contributed by atoms with van der Waals surface area (Å²) in [6.45, 7) is 14.0. The van der Waals surface area contributed by atoms with Gasteiger partial charge in [-0.15, -0.1) is 11.6 Å². The van der Waals surface area contributed by atoms with Crippen molar-refractivity contribution in [2.45, 2.75) is 72.6 Å². The van der Waals surface area contributed by atoms with Crippen LogP contribution in [0.5, 0.6) is 0 Å². The predicted molar refractivity (Wildman–Crippen MR) is 181 cm³/mol. The van der Waals surface area contributed by atoms with Crippen molar-refractivity contribution in [3.63, 3.8) is 0 Å². The molecule has 1 unspecified atom stereocenters. The first-order chi connectivity index (χ1) is 19.3. The Morgan fingerprint density at radius 3 is 2.34 bits per heavy atom. The van der Waals surface area contributed by atoms with Crippen LogP contribution in [0.1, 0.15) is 71.1 Å². The fraction of sp³-hybridized carbons (Fsp3) is 0.343. The normalized spacial score (nSPS) is 17.2. The van der Waals surface area contributed by atoms with E-state index in [9.17, 15) is 9.59 Å². The SMILES string of the molecule is CC(C)Cc1ccc(Cl)c(Cl)c1.CCC(=O)S/C(=C\C(=C(\C)C1=CCC(C)(Cl)C=C1)c1ccccc1C)C(C)=C=O. The number of carbonyl (C=O) groups excluding carboxylic acids is 2. The minimum atomic E-state index is -0.367. The molecule has 0 saturated heterocycles. The van der Waals surface area contributed by atoms with Crippen LogP contribution < -0.4 is 0 Å². The Bertz CT molecular complexity index is 1420. The predicted octanol–water partition coefficient (Wildman–Crippen LogP) is 11.2. The number of alkyl halides is 1. The molecular weight excluding hydrogens is 591 g/mol. The third kappa shape index (κ3) is 11.2. The van der Waals surface area contributed by atoms with E-state index in [2.05, 4.69) is 45.9 Å². The Balaban J connectivity index is 0.000000408. The van der Waals surface area contributed by atoms with E-state index < -0.39 is 0 Å². The van der Waals surface area contributed by atoms with Gasteiger partial charge in [-0.25, -0.2) is 4.79 Å². The third-order valence-electron chi connectivity index (χ3n) is 6.54. The molecule has 0 saturated carbocycles. The molecule has 0 radical (unpaired) electrons. The Kier molecular flexibility index (Phi) is 14.0. The molecule has 3 rings (SSSR count). The highest BCUT2D eigenvalue weighted by molar-refractivity contribution is 8.17. The number of hydrogen-bond donors (Lipinski definition) is 0. The van der Waals surface area contributed by atoms with Gasteiger partial charge in [-0.05, 0) is 98.1 Å². The summed E-state index contributed by atoms with van der Waals surface area (Å²) in [5.41, 5.74) is 7.02. The number of benzene rings is 2. The van der Waals surface area contributed by atoms with Gasteiger partial charge in [-0.2, -0.15) is 0 Å². The van der Waals surface area contributed by atoms with Gasteiger partial charge >= 0.3 is 0 Å². The molecule has 0 bridgehead atoms. The molecule has 0 fully saturated rings. The van der Waals surface area contributed by atoms with E-state index in [1.54, 1.807) is 6.92 Å². The van der Waals surface area contributed by atoms with Gasteiger partial charge in [-0.3, -0.25) is 4.79 Å². The van der Waals surface area contributed by atoms with Crippen molar-refractivity contribution in [1.82, 2.24) is 0 Å². The van der Waals surface area contributed by atoms with Crippen molar-refractivity contribution in [1.29, 1.82) is 0 Å². The molecule has 2 nitrogen and oxygen atoms in total. The van der Waals surface area contributed by atoms with Crippen molar-refractivity contribution in [3.05, 3.63) is 115 Å². The van der Waals surface area contributed by atoms with Gasteiger partial charge in [0.2, 0.25) is 0 Å². The van der Waals surface area contributed by atoms with E-state index in [1.807, 2.05) is 68.3 Å². The lowest BCUT2D eigenvalue weighted by molar-refractivity contribution is -0.110. The summed E-state index contributed by atoms with van der Waals surface area (Å²) in [6, 6.07) is 13.9. The summed E-state index contributed by atoms with van der Waals surface area (Å²) in [4.78, 5) is 23.7. The Morgan fingerprint density at radius 2 is 1.80 bits per heavy atom. The first-order valence-corrected chi connectivity index (χ1v) is 15.7. The fourth-order valence-electron chi connectivity index (χ4n) is 4.13. The van der Waals surface area contributed by atoms with Gasteiger partial charge in [0.25, 0.3) is 0 Å². The molecule has 0 amide bonds. The fourth-order valence-corrected chi connectivity index (χ4v) is 5.36. The summed E-state index contributed by atoms with van der Waals surface area (Å²) < 4.78 is 0. The minimum absolute atomic E-state index is 0.0160. The molecule has 6 heteroatoms. The second-order valence-electron chi connectivity index (χ2n) is 10.7. The summed E-state index contributed by atoms with van der Waals surface area (Å²) in [5.74, 6) is 2.61. The summed E-state index contributed by atoms with van der Waals surface area (Å²) in [5, 5.41) is 1.29. The van der Waals surface area contributed by atoms with Crippen molar-refractivity contribution < 1.29 is 9.59 Å². The van der Waals surface area contributed by atoms with E-state index in [4.69, 9.17) is 34.8 Å². The number of halogens is 3. The lowest BCUT2D eigenvalue weighted by atomic mass is 9.88. The van der Waals surface area contributed by atoms with E-state index in [0.29, 0.717) is 32.9 Å². The molecule has 2 aromatic carbocycles. The number of rotatable bonds is 8. The average molecular weight is 630 g/mol. The zero-order valence-electron chi connectivity index (χ0n) is 24.9. The van der Waals surface area contributed by atoms with E-state index >= 15 is 0 Å². The van der Waals surface area contributed by atoms with Crippen molar-refractivity contribution in [3.8, 4) is 0 Å². The van der Waals surface area contributed by atoms with Crippen LogP contribution in [0.25, 0.3) is 5.57 Å². The van der Waals surface area contributed by atoms with Crippen molar-refractivity contribution in [2.75, 3.05) is 0 Å². The maximum Gasteiger partial charge on any atom is 0.193 e. The monoisotopic (exact) mass is 628 g/mol. The summed E-state index contributed by atoms with van der Waals surface area (Å²) >= 11 is 19.2. The van der Waals surface area contributed by atoms with Gasteiger partial charge in [0.15, 0.2) is 5.12 Å². The largest absolute Gasteiger partial charge is 0.287 e. The maximum atomic E-state index is 12.1. The lowest BCUT2D eigenvalue weighted by Crippen LogP contribution is -2.14. The van der Waals surface area contributed by atoms with E-state index in [1.165, 1.54) is 5.56 Å². The molecule has 41 heavy (non-hydrogen) atoms. The smallest absolute Gasteiger partial charge is 0.193 e. The number of carbonyl (C=O) groups is 1. The zero-order chi connectivity index (χ0) is 30.7.